The maximum atomic E-state index is 13.7. The first-order chi connectivity index (χ1) is 12.0. The maximum absolute atomic E-state index is 13.7. The van der Waals surface area contributed by atoms with Crippen molar-refractivity contribution in [3.05, 3.63) is 53.2 Å². The average molecular weight is 343 g/mol. The summed E-state index contributed by atoms with van der Waals surface area (Å²) in [6, 6.07) is 10.5. The van der Waals surface area contributed by atoms with E-state index in [9.17, 15) is 9.18 Å². The van der Waals surface area contributed by atoms with Crippen molar-refractivity contribution in [1.82, 2.24) is 9.88 Å². The first kappa shape index (κ1) is 17.4. The SMILES string of the molecule is Cc1cc(CN)cc(Oc2cccc(C(=O)N3C[C@@H](C)[C@H](F)C3)c2)n1. The number of aromatic nitrogens is 1. The van der Waals surface area contributed by atoms with Gasteiger partial charge in [0, 0.05) is 36.3 Å². The van der Waals surface area contributed by atoms with Crippen LogP contribution in [0.4, 0.5) is 4.39 Å². The van der Waals surface area contributed by atoms with E-state index in [0.29, 0.717) is 30.3 Å². The quantitative estimate of drug-likeness (QED) is 0.926. The lowest BCUT2D eigenvalue weighted by Crippen LogP contribution is -2.29. The summed E-state index contributed by atoms with van der Waals surface area (Å²) in [5.74, 6) is 0.631. The van der Waals surface area contributed by atoms with Gasteiger partial charge in [0.2, 0.25) is 5.88 Å². The molecular weight excluding hydrogens is 321 g/mol. The molecule has 0 bridgehead atoms. The summed E-state index contributed by atoms with van der Waals surface area (Å²) < 4.78 is 19.5. The van der Waals surface area contributed by atoms with Crippen LogP contribution in [0.25, 0.3) is 0 Å². The van der Waals surface area contributed by atoms with Crippen molar-refractivity contribution >= 4 is 5.91 Å². The normalized spacial score (nSPS) is 19.9. The number of nitrogens with two attached hydrogens (primary N) is 1. The van der Waals surface area contributed by atoms with Crippen LogP contribution in [0.5, 0.6) is 11.6 Å². The molecule has 0 aliphatic carbocycles. The van der Waals surface area contributed by atoms with Gasteiger partial charge in [0.05, 0.1) is 6.54 Å². The molecule has 2 heterocycles. The van der Waals surface area contributed by atoms with Crippen LogP contribution in [0, 0.1) is 12.8 Å². The molecule has 0 saturated carbocycles. The minimum atomic E-state index is -0.963. The van der Waals surface area contributed by atoms with Crippen molar-refractivity contribution in [2.75, 3.05) is 13.1 Å². The van der Waals surface area contributed by atoms with E-state index in [0.717, 1.165) is 11.3 Å². The van der Waals surface area contributed by atoms with E-state index < -0.39 is 6.17 Å². The number of nitrogens with zero attached hydrogens (tertiary/aromatic N) is 2. The van der Waals surface area contributed by atoms with E-state index in [1.165, 1.54) is 0 Å². The van der Waals surface area contributed by atoms with Crippen molar-refractivity contribution in [2.45, 2.75) is 26.6 Å². The molecular formula is C19H22FN3O2. The van der Waals surface area contributed by atoms with Gasteiger partial charge in [0.25, 0.3) is 5.91 Å². The molecule has 25 heavy (non-hydrogen) atoms. The van der Waals surface area contributed by atoms with Gasteiger partial charge in [-0.15, -0.1) is 0 Å². The molecule has 1 fully saturated rings. The van der Waals surface area contributed by atoms with Gasteiger partial charge in [-0.05, 0) is 36.8 Å². The molecule has 0 spiro atoms. The fourth-order valence-electron chi connectivity index (χ4n) is 2.97. The van der Waals surface area contributed by atoms with Crippen molar-refractivity contribution in [3.8, 4) is 11.6 Å². The summed E-state index contributed by atoms with van der Waals surface area (Å²) >= 11 is 0. The number of likely N-dealkylation sites (tertiary alicyclic amines) is 1. The van der Waals surface area contributed by atoms with Gasteiger partial charge < -0.3 is 15.4 Å². The summed E-state index contributed by atoms with van der Waals surface area (Å²) in [6.45, 7) is 4.66. The van der Waals surface area contributed by atoms with Gasteiger partial charge in [-0.1, -0.05) is 13.0 Å². The zero-order valence-corrected chi connectivity index (χ0v) is 14.4. The number of halogens is 1. The second-order valence-corrected chi connectivity index (χ2v) is 6.49. The number of aryl methyl sites for hydroxylation is 1. The number of carbonyl (C=O) groups is 1. The predicted molar refractivity (Wildman–Crippen MR) is 93.3 cm³/mol. The Hall–Kier alpha value is -2.47. The minimum Gasteiger partial charge on any atom is -0.439 e. The minimum absolute atomic E-state index is 0.130. The van der Waals surface area contributed by atoms with Crippen LogP contribution < -0.4 is 10.5 Å². The molecule has 1 saturated heterocycles. The number of ether oxygens (including phenoxy) is 1. The van der Waals surface area contributed by atoms with Crippen LogP contribution in [0.3, 0.4) is 0 Å². The van der Waals surface area contributed by atoms with E-state index >= 15 is 0 Å². The summed E-state index contributed by atoms with van der Waals surface area (Å²) in [5, 5.41) is 0. The lowest BCUT2D eigenvalue weighted by molar-refractivity contribution is 0.0781. The fraction of sp³-hybridized carbons (Fsp3) is 0.368. The summed E-state index contributed by atoms with van der Waals surface area (Å²) in [5.41, 5.74) is 7.89. The Bertz CT molecular complexity index is 771. The summed E-state index contributed by atoms with van der Waals surface area (Å²) in [4.78, 5) is 18.4. The number of pyridine rings is 1. The van der Waals surface area contributed by atoms with E-state index in [1.54, 1.807) is 35.2 Å². The number of amides is 1. The van der Waals surface area contributed by atoms with Crippen LogP contribution in [0.2, 0.25) is 0 Å². The first-order valence-corrected chi connectivity index (χ1v) is 8.35. The highest BCUT2D eigenvalue weighted by Gasteiger charge is 2.32. The summed E-state index contributed by atoms with van der Waals surface area (Å²) in [6.07, 6.45) is -0.963. The highest BCUT2D eigenvalue weighted by Crippen LogP contribution is 2.25. The number of carbonyl (C=O) groups excluding carboxylic acids is 1. The second kappa shape index (κ2) is 7.19. The molecule has 1 aromatic carbocycles. The monoisotopic (exact) mass is 343 g/mol. The molecule has 132 valence electrons. The Morgan fingerprint density at radius 2 is 2.16 bits per heavy atom. The van der Waals surface area contributed by atoms with Crippen molar-refractivity contribution in [2.24, 2.45) is 11.7 Å². The molecule has 0 unspecified atom stereocenters. The molecule has 3 rings (SSSR count). The molecule has 0 radical (unpaired) electrons. The van der Waals surface area contributed by atoms with Gasteiger partial charge in [0.1, 0.15) is 11.9 Å². The van der Waals surface area contributed by atoms with E-state index in [1.807, 2.05) is 19.9 Å². The number of rotatable bonds is 4. The van der Waals surface area contributed by atoms with E-state index in [2.05, 4.69) is 4.98 Å². The van der Waals surface area contributed by atoms with Crippen LogP contribution in [-0.4, -0.2) is 35.1 Å². The number of hydrogen-bond donors (Lipinski definition) is 1. The predicted octanol–water partition coefficient (Wildman–Crippen LogP) is 3.07. The third-order valence-corrected chi connectivity index (χ3v) is 4.34. The van der Waals surface area contributed by atoms with Gasteiger partial charge in [-0.2, -0.15) is 0 Å². The molecule has 5 nitrogen and oxygen atoms in total. The Labute approximate surface area is 146 Å². The molecule has 1 amide bonds. The molecule has 1 aliphatic rings. The van der Waals surface area contributed by atoms with E-state index in [4.69, 9.17) is 10.5 Å². The topological polar surface area (TPSA) is 68.5 Å². The number of alkyl halides is 1. The molecule has 2 N–H and O–H groups in total. The van der Waals surface area contributed by atoms with Crippen LogP contribution >= 0.6 is 0 Å². The van der Waals surface area contributed by atoms with Crippen LogP contribution in [0.15, 0.2) is 36.4 Å². The first-order valence-electron chi connectivity index (χ1n) is 8.35. The van der Waals surface area contributed by atoms with Crippen molar-refractivity contribution in [3.63, 3.8) is 0 Å². The second-order valence-electron chi connectivity index (χ2n) is 6.49. The Balaban J connectivity index is 1.78. The zero-order valence-electron chi connectivity index (χ0n) is 14.4. The number of hydrogen-bond acceptors (Lipinski definition) is 4. The van der Waals surface area contributed by atoms with Gasteiger partial charge in [0.15, 0.2) is 0 Å². The van der Waals surface area contributed by atoms with Crippen LogP contribution in [-0.2, 0) is 6.54 Å². The lowest BCUT2D eigenvalue weighted by atomic mass is 10.1. The fourth-order valence-corrected chi connectivity index (χ4v) is 2.97. The third-order valence-electron chi connectivity index (χ3n) is 4.34. The van der Waals surface area contributed by atoms with Crippen LogP contribution in [0.1, 0.15) is 28.5 Å². The van der Waals surface area contributed by atoms with Crippen molar-refractivity contribution < 1.29 is 13.9 Å². The van der Waals surface area contributed by atoms with Gasteiger partial charge in [-0.25, -0.2) is 9.37 Å². The maximum Gasteiger partial charge on any atom is 0.254 e. The molecule has 1 aliphatic heterocycles. The van der Waals surface area contributed by atoms with Gasteiger partial charge in [-0.3, -0.25) is 4.79 Å². The Morgan fingerprint density at radius 1 is 1.36 bits per heavy atom. The Kier molecular flexibility index (Phi) is 4.99. The molecule has 1 aromatic heterocycles. The molecule has 2 aromatic rings. The Morgan fingerprint density at radius 3 is 2.84 bits per heavy atom. The number of benzene rings is 1. The summed E-state index contributed by atoms with van der Waals surface area (Å²) in [7, 11) is 0. The standard InChI is InChI=1S/C19H22FN3O2/c1-12-10-23(11-17(12)20)19(24)15-4-3-5-16(8-15)25-18-7-14(9-21)6-13(2)22-18/h3-8,12,17H,9-11,21H2,1-2H3/t12-,17-/m1/s1. The smallest absolute Gasteiger partial charge is 0.254 e. The van der Waals surface area contributed by atoms with Gasteiger partial charge >= 0.3 is 0 Å². The lowest BCUT2D eigenvalue weighted by Gasteiger charge is -2.16. The highest BCUT2D eigenvalue weighted by molar-refractivity contribution is 5.94. The zero-order chi connectivity index (χ0) is 18.0. The highest BCUT2D eigenvalue weighted by atomic mass is 19.1. The van der Waals surface area contributed by atoms with E-state index in [-0.39, 0.29) is 18.4 Å². The third kappa shape index (κ3) is 3.96. The molecule has 2 atom stereocenters. The average Bonchev–Trinajstić information content (AvgIpc) is 2.93. The van der Waals surface area contributed by atoms with Crippen molar-refractivity contribution in [1.29, 1.82) is 0 Å². The largest absolute Gasteiger partial charge is 0.439 e. The molecule has 6 heteroatoms.